The summed E-state index contributed by atoms with van der Waals surface area (Å²) in [5.41, 5.74) is 6.77. The first kappa shape index (κ1) is 23.9. The van der Waals surface area contributed by atoms with Gasteiger partial charge in [0.2, 0.25) is 5.91 Å². The van der Waals surface area contributed by atoms with Crippen molar-refractivity contribution >= 4 is 5.91 Å². The number of nitrogens with one attached hydrogen (secondary N) is 1. The first-order chi connectivity index (χ1) is 17.0. The van der Waals surface area contributed by atoms with Crippen LogP contribution in [0.2, 0.25) is 0 Å². The van der Waals surface area contributed by atoms with E-state index in [9.17, 15) is 4.79 Å². The van der Waals surface area contributed by atoms with Crippen molar-refractivity contribution in [2.45, 2.75) is 76.7 Å². The van der Waals surface area contributed by atoms with Crippen LogP contribution in [0.15, 0.2) is 84.5 Å². The molecule has 5 rings (SSSR count). The molecule has 2 fully saturated rings. The van der Waals surface area contributed by atoms with Gasteiger partial charge in [0.15, 0.2) is 0 Å². The van der Waals surface area contributed by atoms with Crippen molar-refractivity contribution in [2.24, 2.45) is 11.8 Å². The molecule has 2 atom stereocenters. The van der Waals surface area contributed by atoms with Gasteiger partial charge in [-0.25, -0.2) is 0 Å². The highest BCUT2D eigenvalue weighted by atomic mass is 16.2. The van der Waals surface area contributed by atoms with Crippen molar-refractivity contribution in [3.05, 3.63) is 107 Å². The molecule has 2 aromatic carbocycles. The number of benzene rings is 2. The van der Waals surface area contributed by atoms with Crippen molar-refractivity contribution in [1.82, 2.24) is 5.32 Å². The van der Waals surface area contributed by atoms with Gasteiger partial charge in [0.1, 0.15) is 0 Å². The third kappa shape index (κ3) is 5.08. The standard InChI is InChI=1S/C33H39NO/c1-24-12-7-8-16-28(24)22-31-25(2)23-33(34-32(31)35,29-17-9-10-18-29)30-19-11-15-27(21-30)20-26-13-5-3-4-6-14-26/h7-9,11-12,15-19,21,26,31H,2-6,10,13-14,20,22-23H2,1H3,(H,34,35). The van der Waals surface area contributed by atoms with E-state index in [1.54, 1.807) is 0 Å². The van der Waals surface area contributed by atoms with Crippen molar-refractivity contribution < 1.29 is 4.79 Å². The molecule has 1 heterocycles. The summed E-state index contributed by atoms with van der Waals surface area (Å²) in [6.45, 7) is 6.60. The minimum Gasteiger partial charge on any atom is -0.342 e. The SMILES string of the molecule is C=C1CC(C2=CCC=C2)(c2cccc(CC3CCCCCC3)c2)NC(=O)C1Cc1ccccc1C. The first-order valence-corrected chi connectivity index (χ1v) is 13.6. The normalized spacial score (nSPS) is 25.3. The number of amides is 1. The van der Waals surface area contributed by atoms with Gasteiger partial charge in [-0.3, -0.25) is 4.79 Å². The Labute approximate surface area is 211 Å². The van der Waals surface area contributed by atoms with Crippen LogP contribution < -0.4 is 5.32 Å². The van der Waals surface area contributed by atoms with Crippen molar-refractivity contribution in [1.29, 1.82) is 0 Å². The molecule has 182 valence electrons. The lowest BCUT2D eigenvalue weighted by Crippen LogP contribution is -2.54. The van der Waals surface area contributed by atoms with Gasteiger partial charge in [-0.1, -0.05) is 117 Å². The molecule has 1 amide bonds. The topological polar surface area (TPSA) is 29.1 Å². The summed E-state index contributed by atoms with van der Waals surface area (Å²) in [4.78, 5) is 13.7. The Morgan fingerprint density at radius 2 is 1.80 bits per heavy atom. The quantitative estimate of drug-likeness (QED) is 0.347. The zero-order valence-corrected chi connectivity index (χ0v) is 21.2. The molecular formula is C33H39NO. The second-order valence-electron chi connectivity index (χ2n) is 11.0. The lowest BCUT2D eigenvalue weighted by molar-refractivity contribution is -0.127. The minimum absolute atomic E-state index is 0.0971. The molecular weight excluding hydrogens is 426 g/mol. The molecule has 2 unspecified atom stereocenters. The number of hydrogen-bond acceptors (Lipinski definition) is 1. The zero-order valence-electron chi connectivity index (χ0n) is 21.2. The predicted molar refractivity (Wildman–Crippen MR) is 145 cm³/mol. The maximum absolute atomic E-state index is 13.7. The first-order valence-electron chi connectivity index (χ1n) is 13.6. The molecule has 3 aliphatic rings. The highest BCUT2D eigenvalue weighted by molar-refractivity contribution is 5.85. The fraction of sp³-hybridized carbons (Fsp3) is 0.424. The molecule has 0 bridgehead atoms. The van der Waals surface area contributed by atoms with E-state index in [0.717, 1.165) is 30.8 Å². The Kier molecular flexibility index (Phi) is 7.09. The van der Waals surface area contributed by atoms with Gasteiger partial charge in [-0.2, -0.15) is 0 Å². The third-order valence-corrected chi connectivity index (χ3v) is 8.51. The van der Waals surface area contributed by atoms with Crippen molar-refractivity contribution in [2.75, 3.05) is 0 Å². The highest BCUT2D eigenvalue weighted by Gasteiger charge is 2.45. The number of allylic oxidation sites excluding steroid dienone is 2. The summed E-state index contributed by atoms with van der Waals surface area (Å²) in [5.74, 6) is 0.688. The number of carbonyl (C=O) groups is 1. The summed E-state index contributed by atoms with van der Waals surface area (Å²) < 4.78 is 0. The molecule has 0 radical (unpaired) electrons. The van der Waals surface area contributed by atoms with E-state index in [-0.39, 0.29) is 11.8 Å². The maximum Gasteiger partial charge on any atom is 0.228 e. The average Bonchev–Trinajstić information content (AvgIpc) is 3.29. The molecule has 35 heavy (non-hydrogen) atoms. The van der Waals surface area contributed by atoms with E-state index in [2.05, 4.69) is 85.6 Å². The van der Waals surface area contributed by atoms with Crippen LogP contribution >= 0.6 is 0 Å². The number of rotatable bonds is 6. The molecule has 1 aliphatic heterocycles. The van der Waals surface area contributed by atoms with Crippen LogP contribution in [0.5, 0.6) is 0 Å². The monoisotopic (exact) mass is 465 g/mol. The molecule has 0 aromatic heterocycles. The average molecular weight is 466 g/mol. The summed E-state index contributed by atoms with van der Waals surface area (Å²) in [6, 6.07) is 17.4. The van der Waals surface area contributed by atoms with Gasteiger partial charge < -0.3 is 5.32 Å². The largest absolute Gasteiger partial charge is 0.342 e. The van der Waals surface area contributed by atoms with Gasteiger partial charge in [-0.05, 0) is 59.9 Å². The van der Waals surface area contributed by atoms with Crippen LogP contribution in [-0.4, -0.2) is 5.91 Å². The number of aryl methyl sites for hydroxylation is 1. The fourth-order valence-corrected chi connectivity index (χ4v) is 6.44. The smallest absolute Gasteiger partial charge is 0.228 e. The van der Waals surface area contributed by atoms with E-state index in [1.807, 2.05) is 0 Å². The zero-order chi connectivity index (χ0) is 24.3. The van der Waals surface area contributed by atoms with Crippen LogP contribution in [-0.2, 0) is 23.2 Å². The van der Waals surface area contributed by atoms with Crippen LogP contribution in [0, 0.1) is 18.8 Å². The van der Waals surface area contributed by atoms with E-state index in [1.165, 1.54) is 66.4 Å². The number of piperidine rings is 1. The second kappa shape index (κ2) is 10.4. The van der Waals surface area contributed by atoms with E-state index in [0.29, 0.717) is 6.42 Å². The summed E-state index contributed by atoms with van der Waals surface area (Å²) >= 11 is 0. The van der Waals surface area contributed by atoms with E-state index >= 15 is 0 Å². The van der Waals surface area contributed by atoms with Crippen LogP contribution in [0.25, 0.3) is 0 Å². The van der Waals surface area contributed by atoms with Gasteiger partial charge in [0, 0.05) is 6.42 Å². The van der Waals surface area contributed by atoms with Crippen LogP contribution in [0.4, 0.5) is 0 Å². The summed E-state index contributed by atoms with van der Waals surface area (Å²) in [6.07, 6.45) is 18.4. The number of hydrogen-bond donors (Lipinski definition) is 1. The minimum atomic E-state index is -0.525. The van der Waals surface area contributed by atoms with Gasteiger partial charge in [0.05, 0.1) is 11.5 Å². The van der Waals surface area contributed by atoms with Crippen molar-refractivity contribution in [3.63, 3.8) is 0 Å². The Balaban J connectivity index is 1.43. The molecule has 2 aromatic rings. The Bertz CT molecular complexity index is 1130. The molecule has 1 saturated heterocycles. The molecule has 1 saturated carbocycles. The van der Waals surface area contributed by atoms with E-state index in [4.69, 9.17) is 0 Å². The van der Waals surface area contributed by atoms with Gasteiger partial charge in [0.25, 0.3) is 0 Å². The Morgan fingerprint density at radius 3 is 2.51 bits per heavy atom. The Morgan fingerprint density at radius 1 is 1.00 bits per heavy atom. The van der Waals surface area contributed by atoms with Crippen LogP contribution in [0.3, 0.4) is 0 Å². The van der Waals surface area contributed by atoms with Gasteiger partial charge >= 0.3 is 0 Å². The maximum atomic E-state index is 13.7. The third-order valence-electron chi connectivity index (χ3n) is 8.51. The molecule has 2 nitrogen and oxygen atoms in total. The number of carbonyl (C=O) groups excluding carboxylic acids is 1. The van der Waals surface area contributed by atoms with Crippen molar-refractivity contribution in [3.8, 4) is 0 Å². The fourth-order valence-electron chi connectivity index (χ4n) is 6.44. The van der Waals surface area contributed by atoms with Gasteiger partial charge in [-0.15, -0.1) is 0 Å². The van der Waals surface area contributed by atoms with Crippen LogP contribution in [0.1, 0.15) is 73.6 Å². The lowest BCUT2D eigenvalue weighted by Gasteiger charge is -2.43. The lowest BCUT2D eigenvalue weighted by atomic mass is 9.70. The molecule has 2 aliphatic carbocycles. The van der Waals surface area contributed by atoms with E-state index < -0.39 is 5.54 Å². The highest BCUT2D eigenvalue weighted by Crippen LogP contribution is 2.44. The molecule has 0 spiro atoms. The molecule has 1 N–H and O–H groups in total. The Hall–Kier alpha value is -2.87. The summed E-state index contributed by atoms with van der Waals surface area (Å²) in [5, 5.41) is 3.53. The molecule has 2 heteroatoms. The second-order valence-corrected chi connectivity index (χ2v) is 11.0. The predicted octanol–water partition coefficient (Wildman–Crippen LogP) is 7.52. The summed E-state index contributed by atoms with van der Waals surface area (Å²) in [7, 11) is 0.